The van der Waals surface area contributed by atoms with Gasteiger partial charge in [0.2, 0.25) is 0 Å². The van der Waals surface area contributed by atoms with Gasteiger partial charge in [0, 0.05) is 121 Å². The first kappa shape index (κ1) is 87.3. The molecule has 8 aromatic carbocycles. The molecule has 0 atom stereocenters. The van der Waals surface area contributed by atoms with E-state index in [1.54, 1.807) is 103 Å². The Bertz CT molecular complexity index is 7750. The van der Waals surface area contributed by atoms with E-state index in [9.17, 15) is 0 Å². The van der Waals surface area contributed by atoms with E-state index in [0.29, 0.717) is 101 Å². The summed E-state index contributed by atoms with van der Waals surface area (Å²) in [6.45, 7) is 3.48. The maximum absolute atomic E-state index is 9.01. The maximum Gasteiger partial charge on any atom is 0.324 e. The Morgan fingerprint density at radius 3 is 1.89 bits per heavy atom. The van der Waals surface area contributed by atoms with E-state index >= 15 is 0 Å². The zero-order valence-corrected chi connectivity index (χ0v) is 75.6. The molecule has 7 N–H and O–H groups in total. The quantitative estimate of drug-likeness (QED) is 0.0265. The van der Waals surface area contributed by atoms with E-state index in [0.717, 1.165) is 158 Å². The van der Waals surface area contributed by atoms with Crippen LogP contribution in [0.1, 0.15) is 82.5 Å². The van der Waals surface area contributed by atoms with Gasteiger partial charge in [0.25, 0.3) is 6.01 Å². The third-order valence-electron chi connectivity index (χ3n) is 21.4. The zero-order chi connectivity index (χ0) is 91.8. The van der Waals surface area contributed by atoms with Crippen molar-refractivity contribution in [2.45, 2.75) is 63.7 Å². The summed E-state index contributed by atoms with van der Waals surface area (Å²) in [5, 5.41) is 50.1. The highest BCUT2D eigenvalue weighted by molar-refractivity contribution is 7.16. The van der Waals surface area contributed by atoms with Crippen LogP contribution in [0.4, 0.5) is 56.5 Å². The number of H-pyrrole nitrogens is 2. The molecule has 23 rings (SSSR count). The second-order valence-electron chi connectivity index (χ2n) is 31.3. The molecule has 666 valence electrons. The van der Waals surface area contributed by atoms with Crippen molar-refractivity contribution >= 4 is 156 Å². The van der Waals surface area contributed by atoms with Crippen LogP contribution in [0, 0.1) is 22.7 Å². The number of ether oxygens (including phenoxy) is 3. The second kappa shape index (κ2) is 41.0. The number of methoxy groups -OCH3 is 1. The SMILES string of the molecule is CCc1cnc(Nc2nc(Oc3ccc(C#N)cc3)nc3cc(OCCN(C)C)ccc23)s1.COc1ccc2c(Nc3ncc(C4CC4)o3)nc(-c3ccc(CC#N)cc3)nc2c1.c1cc2c(Nc3ncco3)nc(Cc3ccc4[nH]ncc4c3)nc2cn1.c1ccc(-c2nc(Nc3ncc(C4CC4)s3)c3[nH]ccc3n2)cc1.c1ccc(-c2nc(Nc3nccs3)c3ccccc3n2)cc1. The third-order valence-corrected chi connectivity index (χ3v) is 24.3. The first-order chi connectivity index (χ1) is 66.4. The van der Waals surface area contributed by atoms with E-state index in [2.05, 4.69) is 132 Å². The predicted molar refractivity (Wildman–Crippen MR) is 525 cm³/mol. The number of hydrogen-bond donors (Lipinski definition) is 7. The van der Waals surface area contributed by atoms with Gasteiger partial charge in [-0.3, -0.25) is 20.7 Å². The fourth-order valence-electron chi connectivity index (χ4n) is 14.2. The lowest BCUT2D eigenvalue weighted by molar-refractivity contribution is 0.261. The van der Waals surface area contributed by atoms with Crippen molar-refractivity contribution in [3.63, 3.8) is 0 Å². The number of para-hydroxylation sites is 1. The van der Waals surface area contributed by atoms with Crippen LogP contribution in [0.3, 0.4) is 0 Å². The number of nitrogens with one attached hydrogen (secondary N) is 7. The van der Waals surface area contributed by atoms with Crippen molar-refractivity contribution in [3.05, 3.63) is 306 Å². The average Bonchev–Trinajstić information content (AvgIpc) is 1.79. The molecule has 13 heterocycles. The number of aryl methyl sites for hydroxylation is 1. The molecule has 2 fully saturated rings. The van der Waals surface area contributed by atoms with Gasteiger partial charge in [0.05, 0.1) is 89.1 Å². The van der Waals surface area contributed by atoms with Gasteiger partial charge >= 0.3 is 12.0 Å². The Kier molecular flexibility index (Phi) is 26.5. The lowest BCUT2D eigenvalue weighted by Gasteiger charge is -2.13. The standard InChI is InChI=1S/C24H24N6O2S.C23H19N5O2.C18H13N7O.C18H15N5S.C17H12N4S/c1-4-19-15-26-24(33-19)29-22-20-10-9-18(31-12-11-30(2)3)13-21(20)27-23(28-22)32-17-7-5-16(14-25)6-8-17;1-29-17-8-9-18-19(12-17)26-21(16-4-2-14(3-5-16)10-11-24)27-22(18)28-23-25-13-20(30-23)15-6-7-15;1-2-14-12(9-21-25-14)7-11(1)8-16-22-15-10-19-4-3-13(15)17(23-16)24-18-20-5-6-26-18;1-2-4-12(5-3-1)16-21-13-8-9-19-15(13)17(22-16)23-18-20-10-14(24-18)11-6-7-11;1-2-6-12(7-3-1)15-19-14-9-5-4-8-13(14)16(20-15)21-17-18-10-11-22-17/h5-10,13,15H,4,11-12H2,1-3H3,(H,26,27,28,29);2-5,8-9,12-13,15H,6-7,10H2,1H3,(H,25,26,27,28);1-7,9-10H,8H2,(H,21,25)(H,20,22,23,24);1-5,8-11,19H,6-7H2,(H,20,21,22,23);1-11H,(H,18,19,20,21). The first-order valence-electron chi connectivity index (χ1n) is 43.2. The Labute approximate surface area is 784 Å². The van der Waals surface area contributed by atoms with Crippen LogP contribution in [0.25, 0.3) is 99.7 Å². The smallest absolute Gasteiger partial charge is 0.324 e. The number of likely N-dealkylation sites (N-methyl/N-ethyl adjacent to an activating group) is 1. The van der Waals surface area contributed by atoms with E-state index in [-0.39, 0.29) is 6.01 Å². The minimum atomic E-state index is 0.187. The molecule has 35 heteroatoms. The summed E-state index contributed by atoms with van der Waals surface area (Å²) in [6.07, 6.45) is 24.4. The van der Waals surface area contributed by atoms with Crippen LogP contribution >= 0.6 is 34.0 Å². The highest BCUT2D eigenvalue weighted by Crippen LogP contribution is 2.45. The summed E-state index contributed by atoms with van der Waals surface area (Å²) in [5.74, 6) is 10.2. The van der Waals surface area contributed by atoms with Crippen molar-refractivity contribution in [2.24, 2.45) is 0 Å². The molecule has 0 aliphatic heterocycles. The van der Waals surface area contributed by atoms with Gasteiger partial charge < -0.3 is 48.9 Å². The number of hydrogen-bond acceptors (Lipinski definition) is 33. The maximum atomic E-state index is 9.01. The average molecular weight is 1840 g/mol. The van der Waals surface area contributed by atoms with Gasteiger partial charge in [-0.1, -0.05) is 110 Å². The van der Waals surface area contributed by atoms with Crippen molar-refractivity contribution in [3.8, 4) is 69.6 Å². The van der Waals surface area contributed by atoms with Crippen LogP contribution in [-0.2, 0) is 19.3 Å². The number of thiazole rings is 3. The largest absolute Gasteiger partial charge is 0.497 e. The van der Waals surface area contributed by atoms with Crippen LogP contribution in [0.15, 0.2) is 276 Å². The van der Waals surface area contributed by atoms with Gasteiger partial charge in [-0.15, -0.1) is 34.0 Å². The zero-order valence-electron chi connectivity index (χ0n) is 73.1. The van der Waals surface area contributed by atoms with Crippen LogP contribution in [0.2, 0.25) is 0 Å². The number of pyridine rings is 1. The third kappa shape index (κ3) is 21.9. The number of anilines is 10. The molecule has 135 heavy (non-hydrogen) atoms. The molecule has 21 aromatic rings. The summed E-state index contributed by atoms with van der Waals surface area (Å²) >= 11 is 4.84. The number of benzene rings is 8. The van der Waals surface area contributed by atoms with Gasteiger partial charge in [0.15, 0.2) is 38.7 Å². The molecular weight excluding hydrogens is 1760 g/mol. The summed E-state index contributed by atoms with van der Waals surface area (Å²) in [4.78, 5) is 80.3. The fourth-order valence-corrected chi connectivity index (χ4v) is 16.5. The summed E-state index contributed by atoms with van der Waals surface area (Å²) in [7, 11) is 5.64. The highest BCUT2D eigenvalue weighted by Gasteiger charge is 2.29. The Morgan fingerprint density at radius 1 is 0.511 bits per heavy atom. The van der Waals surface area contributed by atoms with Gasteiger partial charge in [-0.25, -0.2) is 64.8 Å². The van der Waals surface area contributed by atoms with E-state index < -0.39 is 0 Å². The molecule has 2 aliphatic rings. The van der Waals surface area contributed by atoms with Crippen LogP contribution < -0.4 is 40.8 Å². The first-order valence-corrected chi connectivity index (χ1v) is 45.8. The van der Waals surface area contributed by atoms with Gasteiger partial charge in [0.1, 0.15) is 70.5 Å². The minimum Gasteiger partial charge on any atom is -0.497 e. The van der Waals surface area contributed by atoms with Crippen molar-refractivity contribution < 1.29 is 23.0 Å². The van der Waals surface area contributed by atoms with Crippen molar-refractivity contribution in [1.29, 1.82) is 10.5 Å². The Morgan fingerprint density at radius 2 is 1.16 bits per heavy atom. The molecule has 0 radical (unpaired) electrons. The van der Waals surface area contributed by atoms with E-state index in [1.807, 2.05) is 208 Å². The molecule has 2 saturated carbocycles. The number of fused-ring (bicyclic) bond motifs is 6. The number of aromatic amines is 2. The Hall–Kier alpha value is -17.0. The summed E-state index contributed by atoms with van der Waals surface area (Å²) < 4.78 is 28.3. The minimum absolute atomic E-state index is 0.187. The summed E-state index contributed by atoms with van der Waals surface area (Å²) in [6, 6.07) is 69.1. The molecule has 0 unspecified atom stereocenters. The number of rotatable bonds is 26. The second-order valence-corrected chi connectivity index (χ2v) is 34.4. The van der Waals surface area contributed by atoms with E-state index in [1.165, 1.54) is 28.9 Å². The van der Waals surface area contributed by atoms with E-state index in [4.69, 9.17) is 53.5 Å². The number of oxazole rings is 2. The van der Waals surface area contributed by atoms with Crippen molar-refractivity contribution in [1.82, 2.24) is 99.8 Å². The molecule has 0 bridgehead atoms. The number of nitriles is 2. The fraction of sp³-hybridized carbons (Fsp3) is 0.150. The Balaban J connectivity index is 0.000000109. The monoisotopic (exact) mass is 1840 g/mol. The van der Waals surface area contributed by atoms with Crippen molar-refractivity contribution in [2.75, 3.05) is 60.9 Å². The number of aromatic nitrogens is 19. The molecule has 13 aromatic heterocycles. The van der Waals surface area contributed by atoms with Gasteiger partial charge in [-0.05, 0) is 148 Å². The molecular formula is C100H83N27O5S3. The van der Waals surface area contributed by atoms with Crippen LogP contribution in [0.5, 0.6) is 23.3 Å². The molecule has 2 aliphatic carbocycles. The van der Waals surface area contributed by atoms with Gasteiger partial charge in [-0.2, -0.15) is 25.6 Å². The lowest BCUT2D eigenvalue weighted by Crippen LogP contribution is -2.19. The predicted octanol–water partition coefficient (Wildman–Crippen LogP) is 22.4. The lowest BCUT2D eigenvalue weighted by atomic mass is 10.1. The number of nitrogens with zero attached hydrogens (tertiary/aromatic N) is 20. The molecule has 0 amide bonds. The van der Waals surface area contributed by atoms with Crippen LogP contribution in [-0.4, -0.2) is 134 Å². The highest BCUT2D eigenvalue weighted by atomic mass is 32.1. The molecule has 0 saturated heterocycles. The summed E-state index contributed by atoms with van der Waals surface area (Å²) in [5.41, 5.74) is 11.4. The molecule has 0 spiro atoms. The topological polar surface area (TPSA) is 416 Å². The molecule has 32 nitrogen and oxygen atoms in total. The normalized spacial score (nSPS) is 12.0.